The van der Waals surface area contributed by atoms with Gasteiger partial charge in [-0.1, -0.05) is 54.1 Å². The topological polar surface area (TPSA) is 66.3 Å². The number of nitrogens with zero attached hydrogens (tertiary/aromatic N) is 3. The number of hydrogen-bond donors (Lipinski definition) is 1. The fourth-order valence-corrected chi connectivity index (χ4v) is 3.84. The zero-order chi connectivity index (χ0) is 21.4. The molecule has 0 saturated carbocycles. The molecule has 0 radical (unpaired) electrons. The van der Waals surface area contributed by atoms with Crippen LogP contribution in [0.4, 0.5) is 5.69 Å². The molecular weight excluding hydrogens is 388 g/mol. The first-order valence-electron chi connectivity index (χ1n) is 10.2. The van der Waals surface area contributed by atoms with Gasteiger partial charge in [0.2, 0.25) is 0 Å². The summed E-state index contributed by atoms with van der Waals surface area (Å²) in [7, 11) is 0. The highest BCUT2D eigenvalue weighted by Gasteiger charge is 2.34. The number of benzene rings is 3. The van der Waals surface area contributed by atoms with Gasteiger partial charge in [0.05, 0.1) is 28.1 Å². The van der Waals surface area contributed by atoms with Crippen LogP contribution in [-0.4, -0.2) is 5.97 Å². The van der Waals surface area contributed by atoms with E-state index in [1.165, 1.54) is 5.56 Å². The Labute approximate surface area is 180 Å². The predicted molar refractivity (Wildman–Crippen MR) is 117 cm³/mol. The van der Waals surface area contributed by atoms with Crippen LogP contribution < -0.4 is 21.3 Å². The molecule has 0 aliphatic carbocycles. The van der Waals surface area contributed by atoms with Gasteiger partial charge in [-0.2, -0.15) is 0 Å². The molecule has 3 aromatic carbocycles. The average molecular weight is 410 g/mol. The van der Waals surface area contributed by atoms with Crippen LogP contribution in [0.25, 0.3) is 0 Å². The molecule has 154 valence electrons. The molecule has 2 heterocycles. The highest BCUT2D eigenvalue weighted by molar-refractivity contribution is 5.95. The lowest BCUT2D eigenvalue weighted by Gasteiger charge is -2.19. The quantitative estimate of drug-likeness (QED) is 0.658. The smallest absolute Gasteiger partial charge is 0.345 e. The van der Waals surface area contributed by atoms with Crippen molar-refractivity contribution in [2.75, 3.05) is 5.01 Å². The van der Waals surface area contributed by atoms with Crippen LogP contribution >= 0.6 is 0 Å². The van der Waals surface area contributed by atoms with Crippen LogP contribution in [0.2, 0.25) is 0 Å². The number of rotatable bonds is 2. The second-order valence-electron chi connectivity index (χ2n) is 7.74. The van der Waals surface area contributed by atoms with E-state index in [2.05, 4.69) is 24.6 Å². The van der Waals surface area contributed by atoms with Gasteiger partial charge in [0, 0.05) is 6.42 Å². The van der Waals surface area contributed by atoms with Crippen LogP contribution in [0.15, 0.2) is 94.2 Å². The van der Waals surface area contributed by atoms with Gasteiger partial charge in [-0.3, -0.25) is 4.99 Å². The maximum Gasteiger partial charge on any atom is 0.378 e. The molecule has 31 heavy (non-hydrogen) atoms. The molecule has 1 fully saturated rings. The van der Waals surface area contributed by atoms with Gasteiger partial charge in [0.1, 0.15) is 0 Å². The lowest BCUT2D eigenvalue weighted by molar-refractivity contribution is -0.140. The Hall–Kier alpha value is -3.77. The maximum atomic E-state index is 12.8. The second-order valence-corrected chi connectivity index (χ2v) is 7.74. The van der Waals surface area contributed by atoms with E-state index in [1.54, 1.807) is 5.01 Å². The average Bonchev–Trinajstić information content (AvgIpc) is 3.06. The summed E-state index contributed by atoms with van der Waals surface area (Å²) in [6.45, 7) is 4.10. The van der Waals surface area contributed by atoms with Crippen molar-refractivity contribution in [1.82, 2.24) is 5.59 Å². The van der Waals surface area contributed by atoms with Crippen LogP contribution in [0.1, 0.15) is 29.2 Å². The number of fused-ring (bicyclic) bond motifs is 1. The summed E-state index contributed by atoms with van der Waals surface area (Å²) in [6.07, 6.45) is 0.478. The van der Waals surface area contributed by atoms with Crippen molar-refractivity contribution in [2.24, 2.45) is 9.98 Å². The molecule has 0 bridgehead atoms. The Kier molecular flexibility index (Phi) is 4.84. The third-order valence-electron chi connectivity index (χ3n) is 5.67. The van der Waals surface area contributed by atoms with Crippen LogP contribution in [0.3, 0.4) is 0 Å². The summed E-state index contributed by atoms with van der Waals surface area (Å²) in [5, 5.41) is 3.22. The summed E-state index contributed by atoms with van der Waals surface area (Å²) in [5.41, 5.74) is 7.97. The van der Waals surface area contributed by atoms with E-state index in [0.29, 0.717) is 17.8 Å². The zero-order valence-corrected chi connectivity index (χ0v) is 17.4. The van der Waals surface area contributed by atoms with Crippen LogP contribution in [0, 0.1) is 13.8 Å². The predicted octanol–water partition coefficient (Wildman–Crippen LogP) is 3.38. The number of carbonyl (C=O) groups excluding carboxylic acids is 1. The molecule has 0 aromatic heterocycles. The summed E-state index contributed by atoms with van der Waals surface area (Å²) in [5.74, 6) is -0.455. The van der Waals surface area contributed by atoms with Crippen LogP contribution in [0.5, 0.6) is 0 Å². The van der Waals surface area contributed by atoms with Crippen molar-refractivity contribution in [3.8, 4) is 0 Å². The highest BCUT2D eigenvalue weighted by Crippen LogP contribution is 2.32. The first kappa shape index (κ1) is 19.2. The molecule has 1 saturated heterocycles. The molecule has 3 aromatic rings. The molecule has 1 unspecified atom stereocenters. The number of para-hydroxylation sites is 2. The first-order valence-corrected chi connectivity index (χ1v) is 10.2. The Morgan fingerprint density at radius 2 is 1.68 bits per heavy atom. The van der Waals surface area contributed by atoms with Gasteiger partial charge < -0.3 is 4.84 Å². The van der Waals surface area contributed by atoms with Crippen LogP contribution in [-0.2, 0) is 9.63 Å². The fraction of sp³-hybridized carbons (Fsp3) is 0.160. The molecule has 1 N–H and O–H groups in total. The first-order chi connectivity index (χ1) is 15.1. The number of carbonyl (C=O) groups is 1. The zero-order valence-electron chi connectivity index (χ0n) is 17.4. The highest BCUT2D eigenvalue weighted by atomic mass is 16.7. The number of nitrogens with one attached hydrogen (secondary N) is 1. The van der Waals surface area contributed by atoms with Crippen molar-refractivity contribution in [3.05, 3.63) is 112 Å². The Balaban J connectivity index is 1.70. The van der Waals surface area contributed by atoms with Gasteiger partial charge in [0.15, 0.2) is 5.70 Å². The summed E-state index contributed by atoms with van der Waals surface area (Å²) >= 11 is 0. The van der Waals surface area contributed by atoms with Crippen molar-refractivity contribution in [1.29, 1.82) is 0 Å². The third kappa shape index (κ3) is 3.62. The fourth-order valence-electron chi connectivity index (χ4n) is 3.84. The molecule has 0 spiro atoms. The molecule has 6 nitrogen and oxygen atoms in total. The second kappa shape index (κ2) is 7.81. The van der Waals surface area contributed by atoms with E-state index in [1.807, 2.05) is 67.6 Å². The minimum absolute atomic E-state index is 0.161. The van der Waals surface area contributed by atoms with Gasteiger partial charge in [-0.25, -0.2) is 14.8 Å². The van der Waals surface area contributed by atoms with Gasteiger partial charge in [0.25, 0.3) is 0 Å². The molecule has 1 atom stereocenters. The van der Waals surface area contributed by atoms with Gasteiger partial charge in [-0.05, 0) is 54.8 Å². The van der Waals surface area contributed by atoms with Gasteiger partial charge >= 0.3 is 5.97 Å². The Morgan fingerprint density at radius 3 is 2.45 bits per heavy atom. The van der Waals surface area contributed by atoms with E-state index in [-0.39, 0.29) is 6.04 Å². The molecule has 6 heteroatoms. The summed E-state index contributed by atoms with van der Waals surface area (Å²) in [6, 6.07) is 23.7. The van der Waals surface area contributed by atoms with Crippen molar-refractivity contribution in [2.45, 2.75) is 26.3 Å². The van der Waals surface area contributed by atoms with Crippen molar-refractivity contribution >= 4 is 11.7 Å². The van der Waals surface area contributed by atoms with E-state index in [4.69, 9.17) is 14.8 Å². The van der Waals surface area contributed by atoms with E-state index in [9.17, 15) is 4.79 Å². The Morgan fingerprint density at radius 1 is 0.935 bits per heavy atom. The Bertz CT molecular complexity index is 1310. The SMILES string of the molecule is Cc1ccc(N2NOC(=O)/C2=C2/CC(c3ccccc3)N=c3ccccc3=N2)cc1C. The minimum Gasteiger partial charge on any atom is -0.345 e. The normalized spacial score (nSPS) is 20.4. The largest absolute Gasteiger partial charge is 0.378 e. The maximum absolute atomic E-state index is 12.8. The summed E-state index contributed by atoms with van der Waals surface area (Å²) in [4.78, 5) is 27.8. The number of hydrogen-bond acceptors (Lipinski definition) is 6. The molecule has 2 aliphatic heterocycles. The molecule has 0 amide bonds. The van der Waals surface area contributed by atoms with E-state index < -0.39 is 5.97 Å². The molecular formula is C25H22N4O2. The summed E-state index contributed by atoms with van der Waals surface area (Å²) < 4.78 is 0. The molecule has 5 rings (SSSR count). The van der Waals surface area contributed by atoms with E-state index >= 15 is 0 Å². The minimum atomic E-state index is -0.455. The number of hydrazine groups is 1. The monoisotopic (exact) mass is 410 g/mol. The van der Waals surface area contributed by atoms with Crippen molar-refractivity contribution < 1.29 is 9.63 Å². The lowest BCUT2D eigenvalue weighted by Crippen LogP contribution is -2.30. The standard InChI is InChI=1S/C25H22N4O2/c1-16-12-13-19(14-17(16)2)29-24(25(30)31-28-29)23-15-22(18-8-4-3-5-9-18)26-20-10-6-7-11-21(20)27-23/h3-14,22,28H,15H2,1-2H3/b24-23+. The third-order valence-corrected chi connectivity index (χ3v) is 5.67. The lowest BCUT2D eigenvalue weighted by atomic mass is 10.0. The number of anilines is 1. The van der Waals surface area contributed by atoms with E-state index in [0.717, 1.165) is 27.5 Å². The van der Waals surface area contributed by atoms with Crippen molar-refractivity contribution in [3.63, 3.8) is 0 Å². The molecule has 2 aliphatic rings. The van der Waals surface area contributed by atoms with Gasteiger partial charge in [-0.15, -0.1) is 0 Å². The number of aryl methyl sites for hydroxylation is 2.